The second-order valence-electron chi connectivity index (χ2n) is 5.86. The summed E-state index contributed by atoms with van der Waals surface area (Å²) in [6.45, 7) is 1.40. The Kier molecular flexibility index (Phi) is 6.39. The van der Waals surface area contributed by atoms with Crippen molar-refractivity contribution in [2.45, 2.75) is 12.5 Å². The molecule has 1 heterocycles. The van der Waals surface area contributed by atoms with E-state index in [1.54, 1.807) is 6.20 Å². The third-order valence-electron chi connectivity index (χ3n) is 3.74. The first-order valence-electron chi connectivity index (χ1n) is 7.69. The van der Waals surface area contributed by atoms with Crippen LogP contribution in [0.2, 0.25) is 0 Å². The predicted octanol–water partition coefficient (Wildman–Crippen LogP) is 2.52. The molecule has 1 aliphatic heterocycles. The number of nitrogens with zero attached hydrogens (tertiary/aromatic N) is 2. The van der Waals surface area contributed by atoms with Crippen LogP contribution in [0.3, 0.4) is 0 Å². The summed E-state index contributed by atoms with van der Waals surface area (Å²) in [7, 11) is 5.30. The van der Waals surface area contributed by atoms with Crippen LogP contribution in [0.15, 0.2) is 40.5 Å². The Labute approximate surface area is 150 Å². The van der Waals surface area contributed by atoms with Gasteiger partial charge in [-0.05, 0) is 44.8 Å². The fourth-order valence-corrected chi connectivity index (χ4v) is 2.96. The van der Waals surface area contributed by atoms with Crippen LogP contribution in [0, 0.1) is 0 Å². The predicted molar refractivity (Wildman–Crippen MR) is 95.4 cm³/mol. The van der Waals surface area contributed by atoms with E-state index in [4.69, 9.17) is 4.74 Å². The molecule has 6 nitrogen and oxygen atoms in total. The summed E-state index contributed by atoms with van der Waals surface area (Å²) in [6, 6.07) is 6.77. The Morgan fingerprint density at radius 3 is 2.79 bits per heavy atom. The van der Waals surface area contributed by atoms with E-state index in [1.807, 2.05) is 38.4 Å². The van der Waals surface area contributed by atoms with Gasteiger partial charge in [0.25, 0.3) is 0 Å². The Morgan fingerprint density at radius 1 is 1.42 bits per heavy atom. The number of carbonyl (C=O) groups excluding carboxylic acids is 2. The van der Waals surface area contributed by atoms with Crippen LogP contribution < -0.4 is 5.32 Å². The molecule has 1 aromatic carbocycles. The normalized spacial score (nSPS) is 17.5. The summed E-state index contributed by atoms with van der Waals surface area (Å²) in [5.41, 5.74) is 1.24. The minimum Gasteiger partial charge on any atom is -0.466 e. The summed E-state index contributed by atoms with van der Waals surface area (Å²) in [5.74, 6) is -0.447. The minimum atomic E-state index is -0.521. The molecular weight excluding hydrogens is 374 g/mol. The van der Waals surface area contributed by atoms with E-state index in [-0.39, 0.29) is 6.03 Å². The standard InChI is InChI=1S/C17H22BrN3O3/c1-20(2)8-5-9-21-11-14(16(22)24-3)15(19-17(21)23)12-6-4-7-13(18)10-12/h4,6-7,10-11,15H,5,8-9H2,1-3H3,(H,19,23). The molecule has 0 bridgehead atoms. The van der Waals surface area contributed by atoms with Crippen molar-refractivity contribution in [1.82, 2.24) is 15.1 Å². The van der Waals surface area contributed by atoms with E-state index < -0.39 is 12.0 Å². The average Bonchev–Trinajstić information content (AvgIpc) is 2.55. The van der Waals surface area contributed by atoms with Gasteiger partial charge in [-0.2, -0.15) is 0 Å². The minimum absolute atomic E-state index is 0.216. The number of carbonyl (C=O) groups is 2. The molecule has 1 aromatic rings. The van der Waals surface area contributed by atoms with Crippen molar-refractivity contribution < 1.29 is 14.3 Å². The highest BCUT2D eigenvalue weighted by Gasteiger charge is 2.32. The molecule has 0 radical (unpaired) electrons. The lowest BCUT2D eigenvalue weighted by molar-refractivity contribution is -0.136. The Morgan fingerprint density at radius 2 is 2.17 bits per heavy atom. The molecule has 0 spiro atoms. The van der Waals surface area contributed by atoms with E-state index in [9.17, 15) is 9.59 Å². The van der Waals surface area contributed by atoms with Gasteiger partial charge in [0.15, 0.2) is 0 Å². The van der Waals surface area contributed by atoms with E-state index in [2.05, 4.69) is 26.1 Å². The third-order valence-corrected chi connectivity index (χ3v) is 4.24. The highest BCUT2D eigenvalue weighted by molar-refractivity contribution is 9.10. The number of methoxy groups -OCH3 is 1. The van der Waals surface area contributed by atoms with Gasteiger partial charge in [-0.1, -0.05) is 28.1 Å². The van der Waals surface area contributed by atoms with Crippen molar-refractivity contribution in [2.24, 2.45) is 0 Å². The topological polar surface area (TPSA) is 61.9 Å². The Hall–Kier alpha value is -1.86. The van der Waals surface area contributed by atoms with Crippen molar-refractivity contribution in [2.75, 3.05) is 34.3 Å². The smallest absolute Gasteiger partial charge is 0.337 e. The van der Waals surface area contributed by atoms with Gasteiger partial charge in [0.05, 0.1) is 18.7 Å². The lowest BCUT2D eigenvalue weighted by atomic mass is 9.98. The van der Waals surface area contributed by atoms with Crippen molar-refractivity contribution in [3.8, 4) is 0 Å². The summed E-state index contributed by atoms with van der Waals surface area (Å²) < 4.78 is 5.77. The number of benzene rings is 1. The number of amides is 2. The fraction of sp³-hybridized carbons (Fsp3) is 0.412. The number of hydrogen-bond acceptors (Lipinski definition) is 4. The Balaban J connectivity index is 2.26. The van der Waals surface area contributed by atoms with Crippen LogP contribution in [0.25, 0.3) is 0 Å². The summed E-state index contributed by atoms with van der Waals surface area (Å²) >= 11 is 3.41. The van der Waals surface area contributed by atoms with E-state index in [0.29, 0.717) is 12.1 Å². The van der Waals surface area contributed by atoms with Gasteiger partial charge >= 0.3 is 12.0 Å². The van der Waals surface area contributed by atoms with Crippen LogP contribution in [0.1, 0.15) is 18.0 Å². The molecule has 24 heavy (non-hydrogen) atoms. The molecule has 2 rings (SSSR count). The maximum absolute atomic E-state index is 12.4. The number of halogens is 1. The molecule has 0 saturated carbocycles. The van der Waals surface area contributed by atoms with Crippen molar-refractivity contribution in [3.05, 3.63) is 46.1 Å². The van der Waals surface area contributed by atoms with Gasteiger partial charge in [-0.25, -0.2) is 9.59 Å². The zero-order valence-electron chi connectivity index (χ0n) is 14.1. The molecule has 130 valence electrons. The van der Waals surface area contributed by atoms with Gasteiger partial charge in [-0.15, -0.1) is 0 Å². The zero-order chi connectivity index (χ0) is 17.7. The van der Waals surface area contributed by atoms with E-state index >= 15 is 0 Å². The fourth-order valence-electron chi connectivity index (χ4n) is 2.55. The van der Waals surface area contributed by atoms with Crippen LogP contribution >= 0.6 is 15.9 Å². The number of nitrogens with one attached hydrogen (secondary N) is 1. The second-order valence-corrected chi connectivity index (χ2v) is 6.78. The summed E-state index contributed by atoms with van der Waals surface area (Å²) in [5, 5.41) is 2.90. The number of urea groups is 1. The van der Waals surface area contributed by atoms with Crippen molar-refractivity contribution in [3.63, 3.8) is 0 Å². The lowest BCUT2D eigenvalue weighted by Gasteiger charge is -2.31. The molecule has 1 atom stereocenters. The quantitative estimate of drug-likeness (QED) is 0.751. The molecule has 0 aliphatic carbocycles. The first kappa shape index (κ1) is 18.5. The molecule has 1 N–H and O–H groups in total. The molecule has 0 fully saturated rings. The van der Waals surface area contributed by atoms with Gasteiger partial charge in [0.2, 0.25) is 0 Å². The first-order valence-corrected chi connectivity index (χ1v) is 8.49. The van der Waals surface area contributed by atoms with Crippen LogP contribution in [0.5, 0.6) is 0 Å². The lowest BCUT2D eigenvalue weighted by Crippen LogP contribution is -2.46. The van der Waals surface area contributed by atoms with Crippen LogP contribution in [-0.2, 0) is 9.53 Å². The molecule has 1 unspecified atom stereocenters. The zero-order valence-corrected chi connectivity index (χ0v) is 15.7. The van der Waals surface area contributed by atoms with E-state index in [0.717, 1.165) is 23.0 Å². The maximum atomic E-state index is 12.4. The monoisotopic (exact) mass is 395 g/mol. The number of hydrogen-bond donors (Lipinski definition) is 1. The molecule has 1 aliphatic rings. The average molecular weight is 396 g/mol. The van der Waals surface area contributed by atoms with Gasteiger partial charge in [-0.3, -0.25) is 0 Å². The van der Waals surface area contributed by atoms with Gasteiger partial charge in [0, 0.05) is 17.2 Å². The van der Waals surface area contributed by atoms with Gasteiger partial charge in [0.1, 0.15) is 0 Å². The second kappa shape index (κ2) is 8.30. The molecule has 0 saturated heterocycles. The maximum Gasteiger partial charge on any atom is 0.337 e. The first-order chi connectivity index (χ1) is 11.4. The van der Waals surface area contributed by atoms with Gasteiger partial charge < -0.3 is 19.9 Å². The molecular formula is C17H22BrN3O3. The number of ether oxygens (including phenoxy) is 1. The summed E-state index contributed by atoms with van der Waals surface area (Å²) in [4.78, 5) is 28.2. The molecule has 0 aromatic heterocycles. The highest BCUT2D eigenvalue weighted by atomic mass is 79.9. The van der Waals surface area contributed by atoms with Crippen LogP contribution in [-0.4, -0.2) is 56.1 Å². The number of esters is 1. The van der Waals surface area contributed by atoms with E-state index in [1.165, 1.54) is 12.0 Å². The molecule has 7 heteroatoms. The number of rotatable bonds is 6. The Bertz CT molecular complexity index is 646. The van der Waals surface area contributed by atoms with Crippen molar-refractivity contribution in [1.29, 1.82) is 0 Å². The third kappa shape index (κ3) is 4.58. The van der Waals surface area contributed by atoms with Crippen LogP contribution in [0.4, 0.5) is 4.79 Å². The highest BCUT2D eigenvalue weighted by Crippen LogP contribution is 2.28. The van der Waals surface area contributed by atoms with Crippen molar-refractivity contribution >= 4 is 27.9 Å². The SMILES string of the molecule is COC(=O)C1=CN(CCCN(C)C)C(=O)NC1c1cccc(Br)c1. The summed E-state index contributed by atoms with van der Waals surface area (Å²) in [6.07, 6.45) is 2.42. The largest absolute Gasteiger partial charge is 0.466 e. The molecule has 2 amide bonds.